The molecule has 19 heavy (non-hydrogen) atoms. The van der Waals surface area contributed by atoms with Crippen molar-refractivity contribution >= 4 is 11.8 Å². The van der Waals surface area contributed by atoms with Gasteiger partial charge in [-0.15, -0.1) is 5.10 Å². The van der Waals surface area contributed by atoms with E-state index >= 15 is 0 Å². The van der Waals surface area contributed by atoms with Gasteiger partial charge in [0.15, 0.2) is 5.16 Å². The molecule has 0 bridgehead atoms. The molecule has 0 unspecified atom stereocenters. The predicted molar refractivity (Wildman–Crippen MR) is 70.0 cm³/mol. The smallest absolute Gasteiger partial charge is 0.221 e. The Hall–Kier alpha value is -2.28. The van der Waals surface area contributed by atoms with E-state index in [0.29, 0.717) is 10.3 Å². The second-order valence-corrected chi connectivity index (χ2v) is 4.73. The zero-order valence-electron chi connectivity index (χ0n) is 10.1. The molecule has 0 atom stereocenters. The number of rotatable bonds is 3. The summed E-state index contributed by atoms with van der Waals surface area (Å²) >= 11 is 1.33. The number of aryl methyl sites for hydroxylation is 1. The average molecular weight is 270 g/mol. The predicted octanol–water partition coefficient (Wildman–Crippen LogP) is 1.91. The first-order valence-electron chi connectivity index (χ1n) is 5.64. The van der Waals surface area contributed by atoms with Crippen LogP contribution in [0.15, 0.2) is 53.0 Å². The van der Waals surface area contributed by atoms with Crippen molar-refractivity contribution in [3.63, 3.8) is 0 Å². The Balaban J connectivity index is 1.98. The molecule has 7 heteroatoms. The normalized spacial score (nSPS) is 10.6. The summed E-state index contributed by atoms with van der Waals surface area (Å²) in [6.07, 6.45) is 3.38. The minimum Gasteiger partial charge on any atom is -0.231 e. The maximum absolute atomic E-state index is 4.15. The van der Waals surface area contributed by atoms with Crippen molar-refractivity contribution in [1.82, 2.24) is 30.2 Å². The second-order valence-electron chi connectivity index (χ2n) is 3.79. The van der Waals surface area contributed by atoms with Gasteiger partial charge in [0, 0.05) is 12.4 Å². The number of hydrogen-bond donors (Lipinski definition) is 0. The zero-order chi connectivity index (χ0) is 13.1. The van der Waals surface area contributed by atoms with E-state index < -0.39 is 0 Å². The van der Waals surface area contributed by atoms with Crippen LogP contribution in [-0.2, 0) is 0 Å². The topological polar surface area (TPSA) is 69.4 Å². The van der Waals surface area contributed by atoms with Crippen LogP contribution in [0.2, 0.25) is 0 Å². The van der Waals surface area contributed by atoms with E-state index in [1.807, 2.05) is 31.2 Å². The molecule has 6 nitrogen and oxygen atoms in total. The van der Waals surface area contributed by atoms with E-state index in [1.54, 1.807) is 23.1 Å². The van der Waals surface area contributed by atoms with Crippen molar-refractivity contribution in [2.24, 2.45) is 0 Å². The van der Waals surface area contributed by atoms with Gasteiger partial charge in [-0.25, -0.2) is 9.97 Å². The Labute approximate surface area is 113 Å². The van der Waals surface area contributed by atoms with Gasteiger partial charge in [0.05, 0.1) is 5.69 Å². The SMILES string of the molecule is Cc1ccccc1-n1nnnc1Sc1ncccn1. The molecule has 0 aliphatic carbocycles. The molecule has 0 radical (unpaired) electrons. The molecular formula is C12H10N6S. The van der Waals surface area contributed by atoms with E-state index in [4.69, 9.17) is 0 Å². The first kappa shape index (κ1) is 11.8. The molecule has 0 amide bonds. The first-order chi connectivity index (χ1) is 9.34. The van der Waals surface area contributed by atoms with Gasteiger partial charge in [-0.05, 0) is 46.8 Å². The van der Waals surface area contributed by atoms with Crippen molar-refractivity contribution in [3.05, 3.63) is 48.3 Å². The third-order valence-electron chi connectivity index (χ3n) is 2.51. The molecule has 0 N–H and O–H groups in total. The Bertz CT molecular complexity index is 681. The van der Waals surface area contributed by atoms with Crippen LogP contribution in [0.25, 0.3) is 5.69 Å². The van der Waals surface area contributed by atoms with Crippen LogP contribution in [0, 0.1) is 6.92 Å². The fraction of sp³-hybridized carbons (Fsp3) is 0.0833. The van der Waals surface area contributed by atoms with E-state index in [1.165, 1.54) is 11.8 Å². The summed E-state index contributed by atoms with van der Waals surface area (Å²) in [6, 6.07) is 9.70. The molecule has 1 aromatic carbocycles. The van der Waals surface area contributed by atoms with Crippen LogP contribution in [0.4, 0.5) is 0 Å². The van der Waals surface area contributed by atoms with Crippen molar-refractivity contribution in [1.29, 1.82) is 0 Å². The molecule has 0 fully saturated rings. The van der Waals surface area contributed by atoms with Crippen LogP contribution < -0.4 is 0 Å². The van der Waals surface area contributed by atoms with Gasteiger partial charge in [-0.1, -0.05) is 18.2 Å². The quantitative estimate of drug-likeness (QED) is 0.677. The van der Waals surface area contributed by atoms with Crippen LogP contribution in [0.3, 0.4) is 0 Å². The first-order valence-corrected chi connectivity index (χ1v) is 6.45. The summed E-state index contributed by atoms with van der Waals surface area (Å²) in [6.45, 7) is 2.02. The zero-order valence-corrected chi connectivity index (χ0v) is 10.9. The Kier molecular flexibility index (Phi) is 3.20. The number of benzene rings is 1. The van der Waals surface area contributed by atoms with Gasteiger partial charge in [-0.2, -0.15) is 4.68 Å². The van der Waals surface area contributed by atoms with E-state index in [2.05, 4.69) is 25.5 Å². The Morgan fingerprint density at radius 1 is 1.05 bits per heavy atom. The highest BCUT2D eigenvalue weighted by Gasteiger charge is 2.12. The maximum Gasteiger partial charge on any atom is 0.221 e. The lowest BCUT2D eigenvalue weighted by Crippen LogP contribution is -2.01. The molecule has 0 spiro atoms. The summed E-state index contributed by atoms with van der Waals surface area (Å²) in [5.74, 6) is 0. The lowest BCUT2D eigenvalue weighted by atomic mass is 10.2. The lowest BCUT2D eigenvalue weighted by molar-refractivity contribution is 0.750. The van der Waals surface area contributed by atoms with Crippen molar-refractivity contribution in [2.75, 3.05) is 0 Å². The van der Waals surface area contributed by atoms with Crippen LogP contribution in [0.5, 0.6) is 0 Å². The highest BCUT2D eigenvalue weighted by Crippen LogP contribution is 2.24. The van der Waals surface area contributed by atoms with Gasteiger partial charge in [0.2, 0.25) is 5.16 Å². The molecular weight excluding hydrogens is 260 g/mol. The average Bonchev–Trinajstić information content (AvgIpc) is 2.88. The van der Waals surface area contributed by atoms with E-state index in [9.17, 15) is 0 Å². The molecule has 0 aliphatic heterocycles. The van der Waals surface area contributed by atoms with Gasteiger partial charge in [0.1, 0.15) is 0 Å². The number of tetrazole rings is 1. The minimum absolute atomic E-state index is 0.618. The molecule has 0 saturated heterocycles. The maximum atomic E-state index is 4.15. The molecule has 3 aromatic rings. The standard InChI is InChI=1S/C12H10N6S/c1-9-5-2-3-6-10(9)18-12(15-16-17-18)19-11-13-7-4-8-14-11/h2-8H,1H3. The van der Waals surface area contributed by atoms with E-state index in [-0.39, 0.29) is 0 Å². The molecule has 2 aromatic heterocycles. The summed E-state index contributed by atoms with van der Waals surface area (Å²) in [4.78, 5) is 8.31. The summed E-state index contributed by atoms with van der Waals surface area (Å²) in [5.41, 5.74) is 2.05. The van der Waals surface area contributed by atoms with Crippen molar-refractivity contribution < 1.29 is 0 Å². The second kappa shape index (κ2) is 5.15. The fourth-order valence-electron chi connectivity index (χ4n) is 1.61. The third kappa shape index (κ3) is 2.45. The Morgan fingerprint density at radius 3 is 2.63 bits per heavy atom. The summed E-state index contributed by atoms with van der Waals surface area (Å²) < 4.78 is 1.69. The van der Waals surface area contributed by atoms with Gasteiger partial charge < -0.3 is 0 Å². The van der Waals surface area contributed by atoms with Crippen LogP contribution in [-0.4, -0.2) is 30.2 Å². The lowest BCUT2D eigenvalue weighted by Gasteiger charge is -2.06. The third-order valence-corrected chi connectivity index (χ3v) is 3.34. The Morgan fingerprint density at radius 2 is 1.84 bits per heavy atom. The van der Waals surface area contributed by atoms with E-state index in [0.717, 1.165) is 11.3 Å². The van der Waals surface area contributed by atoms with Gasteiger partial charge in [0.25, 0.3) is 0 Å². The number of hydrogen-bond acceptors (Lipinski definition) is 6. The highest BCUT2D eigenvalue weighted by atomic mass is 32.2. The van der Waals surface area contributed by atoms with Gasteiger partial charge in [-0.3, -0.25) is 0 Å². The van der Waals surface area contributed by atoms with Crippen LogP contribution >= 0.6 is 11.8 Å². The summed E-state index contributed by atoms with van der Waals surface area (Å²) in [5, 5.41) is 13.0. The molecule has 0 saturated carbocycles. The summed E-state index contributed by atoms with van der Waals surface area (Å²) in [7, 11) is 0. The monoisotopic (exact) mass is 270 g/mol. The van der Waals surface area contributed by atoms with Gasteiger partial charge >= 0.3 is 0 Å². The molecule has 0 aliphatic rings. The molecule has 3 rings (SSSR count). The van der Waals surface area contributed by atoms with Crippen molar-refractivity contribution in [2.45, 2.75) is 17.2 Å². The fourth-order valence-corrected chi connectivity index (χ4v) is 2.30. The highest BCUT2D eigenvalue weighted by molar-refractivity contribution is 7.99. The van der Waals surface area contributed by atoms with Crippen molar-refractivity contribution in [3.8, 4) is 5.69 Å². The molecule has 2 heterocycles. The number of nitrogens with zero attached hydrogens (tertiary/aromatic N) is 6. The number of aromatic nitrogens is 6. The largest absolute Gasteiger partial charge is 0.231 e. The molecule has 94 valence electrons. The number of para-hydroxylation sites is 1. The minimum atomic E-state index is 0.618. The van der Waals surface area contributed by atoms with Crippen LogP contribution in [0.1, 0.15) is 5.56 Å².